The van der Waals surface area contributed by atoms with Crippen LogP contribution in [0.1, 0.15) is 39.6 Å². The van der Waals surface area contributed by atoms with Gasteiger partial charge in [-0.05, 0) is 36.1 Å². The molecule has 1 atom stereocenters. The first-order valence-electron chi connectivity index (χ1n) is 10.8. The molecule has 0 saturated heterocycles. The van der Waals surface area contributed by atoms with E-state index < -0.39 is 0 Å². The Morgan fingerprint density at radius 2 is 1.79 bits per heavy atom. The lowest BCUT2D eigenvalue weighted by Crippen LogP contribution is -2.28. The van der Waals surface area contributed by atoms with Crippen LogP contribution in [0.2, 0.25) is 0 Å². The molecule has 1 unspecified atom stereocenters. The summed E-state index contributed by atoms with van der Waals surface area (Å²) in [5.41, 5.74) is 1.90. The molecule has 2 heterocycles. The van der Waals surface area contributed by atoms with Crippen LogP contribution in [0.5, 0.6) is 0 Å². The Morgan fingerprint density at radius 1 is 1.03 bits per heavy atom. The maximum absolute atomic E-state index is 12.9. The van der Waals surface area contributed by atoms with Crippen LogP contribution in [-0.2, 0) is 18.3 Å². The molecule has 2 amide bonds. The number of amides is 2. The summed E-state index contributed by atoms with van der Waals surface area (Å²) in [7, 11) is 1.90. The van der Waals surface area contributed by atoms with Gasteiger partial charge in [-0.25, -0.2) is 0 Å². The van der Waals surface area contributed by atoms with E-state index in [2.05, 4.69) is 26.9 Å². The van der Waals surface area contributed by atoms with Crippen molar-refractivity contribution in [2.24, 2.45) is 7.05 Å². The standard InChI is InChI=1S/C25H25N5O2S2/c1-17(18-9-4-3-5-10-18)26-24(32)20-12-6-7-13-21(20)27-23(31)16-34-25-29-28-22(30(25)2)15-19-11-8-14-33-19/h3-14,17H,15-16H2,1-2H3,(H,26,32)(H,27,31). The smallest absolute Gasteiger partial charge is 0.253 e. The molecule has 2 aromatic heterocycles. The SMILES string of the molecule is CC(NC(=O)c1ccccc1NC(=O)CSc1nnc(Cc2cccs2)n1C)c1ccccc1. The molecule has 0 aliphatic rings. The summed E-state index contributed by atoms with van der Waals surface area (Å²) >= 11 is 2.99. The normalized spacial score (nSPS) is 11.7. The Balaban J connectivity index is 1.36. The lowest BCUT2D eigenvalue weighted by Gasteiger charge is -2.16. The first kappa shape index (κ1) is 23.7. The van der Waals surface area contributed by atoms with Gasteiger partial charge in [-0.3, -0.25) is 9.59 Å². The fourth-order valence-corrected chi connectivity index (χ4v) is 4.83. The maximum atomic E-state index is 12.9. The van der Waals surface area contributed by atoms with E-state index in [0.29, 0.717) is 22.8 Å². The van der Waals surface area contributed by atoms with Crippen molar-refractivity contribution in [3.8, 4) is 0 Å². The van der Waals surface area contributed by atoms with Crippen LogP contribution in [0, 0.1) is 0 Å². The highest BCUT2D eigenvalue weighted by Gasteiger charge is 2.17. The second kappa shape index (κ2) is 11.1. The molecule has 0 bridgehead atoms. The molecule has 2 N–H and O–H groups in total. The van der Waals surface area contributed by atoms with Crippen LogP contribution < -0.4 is 10.6 Å². The van der Waals surface area contributed by atoms with Crippen molar-refractivity contribution < 1.29 is 9.59 Å². The van der Waals surface area contributed by atoms with E-state index in [0.717, 1.165) is 11.4 Å². The van der Waals surface area contributed by atoms with Gasteiger partial charge in [-0.2, -0.15) is 0 Å². The number of carbonyl (C=O) groups excluding carboxylic acids is 2. The van der Waals surface area contributed by atoms with Gasteiger partial charge >= 0.3 is 0 Å². The molecule has 0 saturated carbocycles. The highest BCUT2D eigenvalue weighted by atomic mass is 32.2. The minimum absolute atomic E-state index is 0.154. The van der Waals surface area contributed by atoms with E-state index in [4.69, 9.17) is 0 Å². The van der Waals surface area contributed by atoms with Gasteiger partial charge in [0.05, 0.1) is 23.0 Å². The number of anilines is 1. The topological polar surface area (TPSA) is 88.9 Å². The number of carbonyl (C=O) groups is 2. The van der Waals surface area contributed by atoms with Crippen molar-refractivity contribution in [1.29, 1.82) is 0 Å². The van der Waals surface area contributed by atoms with Crippen LogP contribution in [0.3, 0.4) is 0 Å². The lowest BCUT2D eigenvalue weighted by molar-refractivity contribution is -0.113. The summed E-state index contributed by atoms with van der Waals surface area (Å²) in [6, 6.07) is 20.7. The minimum atomic E-state index is -0.244. The first-order valence-corrected chi connectivity index (χ1v) is 12.7. The molecule has 0 spiro atoms. The zero-order chi connectivity index (χ0) is 23.9. The number of nitrogens with zero attached hydrogens (tertiary/aromatic N) is 3. The number of hydrogen-bond acceptors (Lipinski definition) is 6. The predicted octanol–water partition coefficient (Wildman–Crippen LogP) is 4.69. The Morgan fingerprint density at radius 3 is 2.56 bits per heavy atom. The van der Waals surface area contributed by atoms with Crippen LogP contribution in [-0.4, -0.2) is 32.3 Å². The second-order valence-electron chi connectivity index (χ2n) is 7.70. The van der Waals surface area contributed by atoms with Crippen molar-refractivity contribution in [1.82, 2.24) is 20.1 Å². The van der Waals surface area contributed by atoms with Crippen LogP contribution in [0.15, 0.2) is 77.3 Å². The average Bonchev–Trinajstić information content (AvgIpc) is 3.49. The fraction of sp³-hybridized carbons (Fsp3) is 0.200. The van der Waals surface area contributed by atoms with Gasteiger partial charge in [-0.1, -0.05) is 60.3 Å². The fourth-order valence-electron chi connectivity index (χ4n) is 3.40. The molecule has 4 aromatic rings. The summed E-state index contributed by atoms with van der Waals surface area (Å²) < 4.78 is 1.91. The zero-order valence-electron chi connectivity index (χ0n) is 18.9. The molecule has 0 fully saturated rings. The number of benzene rings is 2. The third-order valence-electron chi connectivity index (χ3n) is 5.26. The Labute approximate surface area is 206 Å². The van der Waals surface area contributed by atoms with Gasteiger partial charge in [0.1, 0.15) is 5.82 Å². The average molecular weight is 492 g/mol. The summed E-state index contributed by atoms with van der Waals surface area (Å²) in [4.78, 5) is 26.8. The molecule has 7 nitrogen and oxygen atoms in total. The Hall–Kier alpha value is -3.43. The number of nitrogens with one attached hydrogen (secondary N) is 2. The number of hydrogen-bond donors (Lipinski definition) is 2. The van der Waals surface area contributed by atoms with Crippen LogP contribution in [0.25, 0.3) is 0 Å². The first-order chi connectivity index (χ1) is 16.5. The molecule has 9 heteroatoms. The molecular weight excluding hydrogens is 466 g/mol. The van der Waals surface area contributed by atoms with Crippen molar-refractivity contribution in [3.63, 3.8) is 0 Å². The van der Waals surface area contributed by atoms with E-state index in [1.165, 1.54) is 16.6 Å². The van der Waals surface area contributed by atoms with Gasteiger partial charge in [0, 0.05) is 18.3 Å². The molecule has 4 rings (SSSR count). The number of thiophene rings is 1. The predicted molar refractivity (Wildman–Crippen MR) is 136 cm³/mol. The van der Waals surface area contributed by atoms with Crippen molar-refractivity contribution in [2.45, 2.75) is 24.5 Å². The van der Waals surface area contributed by atoms with E-state index in [1.807, 2.05) is 60.3 Å². The van der Waals surface area contributed by atoms with Crippen molar-refractivity contribution in [3.05, 3.63) is 93.9 Å². The summed E-state index contributed by atoms with van der Waals surface area (Å²) in [6.07, 6.45) is 0.706. The number of rotatable bonds is 9. The summed E-state index contributed by atoms with van der Waals surface area (Å²) in [6.45, 7) is 1.93. The molecule has 2 aromatic carbocycles. The third-order valence-corrected chi connectivity index (χ3v) is 7.16. The third kappa shape index (κ3) is 5.92. The molecule has 0 aliphatic carbocycles. The largest absolute Gasteiger partial charge is 0.345 e. The maximum Gasteiger partial charge on any atom is 0.253 e. The molecule has 34 heavy (non-hydrogen) atoms. The molecule has 0 radical (unpaired) electrons. The van der Waals surface area contributed by atoms with E-state index in [1.54, 1.807) is 35.6 Å². The van der Waals surface area contributed by atoms with Crippen LogP contribution in [0.4, 0.5) is 5.69 Å². The second-order valence-corrected chi connectivity index (χ2v) is 9.68. The van der Waals surface area contributed by atoms with Gasteiger partial charge in [0.15, 0.2) is 5.16 Å². The van der Waals surface area contributed by atoms with Crippen molar-refractivity contribution in [2.75, 3.05) is 11.1 Å². The van der Waals surface area contributed by atoms with Gasteiger partial charge in [-0.15, -0.1) is 21.5 Å². The highest BCUT2D eigenvalue weighted by Crippen LogP contribution is 2.21. The van der Waals surface area contributed by atoms with E-state index in [9.17, 15) is 9.59 Å². The summed E-state index contributed by atoms with van der Waals surface area (Å²) in [5.74, 6) is 0.539. The monoisotopic (exact) mass is 491 g/mol. The Kier molecular flexibility index (Phi) is 7.76. The molecule has 0 aliphatic heterocycles. The Bertz CT molecular complexity index is 1260. The minimum Gasteiger partial charge on any atom is -0.345 e. The van der Waals surface area contributed by atoms with Gasteiger partial charge < -0.3 is 15.2 Å². The highest BCUT2D eigenvalue weighted by molar-refractivity contribution is 7.99. The van der Waals surface area contributed by atoms with Gasteiger partial charge in [0.25, 0.3) is 5.91 Å². The quantitative estimate of drug-likeness (QED) is 0.332. The zero-order valence-corrected chi connectivity index (χ0v) is 20.5. The molecular formula is C25H25N5O2S2. The number of thioether (sulfide) groups is 1. The number of aromatic nitrogens is 3. The lowest BCUT2D eigenvalue weighted by atomic mass is 10.1. The molecule has 174 valence electrons. The van der Waals surface area contributed by atoms with Crippen LogP contribution >= 0.6 is 23.1 Å². The summed E-state index contributed by atoms with van der Waals surface area (Å²) in [5, 5.41) is 17.0. The van der Waals surface area contributed by atoms with Gasteiger partial charge in [0.2, 0.25) is 5.91 Å². The van der Waals surface area contributed by atoms with E-state index >= 15 is 0 Å². The van der Waals surface area contributed by atoms with Crippen molar-refractivity contribution >= 4 is 40.6 Å². The van der Waals surface area contributed by atoms with E-state index in [-0.39, 0.29) is 23.6 Å². The number of para-hydroxylation sites is 1.